The summed E-state index contributed by atoms with van der Waals surface area (Å²) in [5, 5.41) is 0. The van der Waals surface area contributed by atoms with E-state index in [0.717, 1.165) is 16.7 Å². The lowest BCUT2D eigenvalue weighted by molar-refractivity contribution is 0.0992. The minimum Gasteiger partial charge on any atom is -0.294 e. The van der Waals surface area contributed by atoms with E-state index in [0.29, 0.717) is 6.42 Å². The van der Waals surface area contributed by atoms with Crippen molar-refractivity contribution < 1.29 is 4.79 Å². The third kappa shape index (κ3) is 2.90. The number of ketones is 1. The van der Waals surface area contributed by atoms with Crippen LogP contribution in [0, 0.1) is 27.7 Å². The van der Waals surface area contributed by atoms with E-state index in [4.69, 9.17) is 0 Å². The number of hydrogen-bond acceptors (Lipinski definition) is 2. The summed E-state index contributed by atoms with van der Waals surface area (Å²) >= 11 is 0. The second-order valence-corrected chi connectivity index (χ2v) is 5.17. The fraction of sp³-hybridized carbons (Fsp3) is 0.294. The summed E-state index contributed by atoms with van der Waals surface area (Å²) < 4.78 is 0. The molecule has 0 saturated carbocycles. The highest BCUT2D eigenvalue weighted by atomic mass is 16.1. The first kappa shape index (κ1) is 13.5. The molecule has 2 nitrogen and oxygen atoms in total. The minimum absolute atomic E-state index is 0.162. The Kier molecular flexibility index (Phi) is 3.79. The van der Waals surface area contributed by atoms with Crippen molar-refractivity contribution in [3.05, 3.63) is 64.0 Å². The zero-order chi connectivity index (χ0) is 14.0. The smallest absolute Gasteiger partial charge is 0.167 e. The number of aromatic nitrogens is 1. The van der Waals surface area contributed by atoms with Gasteiger partial charge in [0.05, 0.1) is 0 Å². The molecule has 0 aliphatic carbocycles. The normalized spacial score (nSPS) is 10.5. The number of pyridine rings is 1. The quantitative estimate of drug-likeness (QED) is 0.780. The Labute approximate surface area is 114 Å². The van der Waals surface area contributed by atoms with Crippen LogP contribution in [0.25, 0.3) is 0 Å². The fourth-order valence-electron chi connectivity index (χ4n) is 2.53. The van der Waals surface area contributed by atoms with Crippen molar-refractivity contribution in [3.63, 3.8) is 0 Å². The van der Waals surface area contributed by atoms with E-state index in [-0.39, 0.29) is 5.78 Å². The molecule has 0 aliphatic rings. The predicted molar refractivity (Wildman–Crippen MR) is 77.7 cm³/mol. The number of hydrogen-bond donors (Lipinski definition) is 0. The topological polar surface area (TPSA) is 30.0 Å². The van der Waals surface area contributed by atoms with Crippen LogP contribution in [0.3, 0.4) is 0 Å². The Morgan fingerprint density at radius 2 is 1.68 bits per heavy atom. The molecule has 0 unspecified atom stereocenters. The van der Waals surface area contributed by atoms with Crippen molar-refractivity contribution in [3.8, 4) is 0 Å². The average Bonchev–Trinajstić information content (AvgIpc) is 2.34. The second-order valence-electron chi connectivity index (χ2n) is 5.17. The van der Waals surface area contributed by atoms with Crippen LogP contribution in [0.4, 0.5) is 0 Å². The molecular formula is C17H19NO. The maximum atomic E-state index is 12.4. The standard InChI is InChI=1S/C17H19NO/c1-11-7-12(2)16(13(3)8-11)9-17(19)15-5-6-18-10-14(15)4/h5-8,10H,9H2,1-4H3. The summed E-state index contributed by atoms with van der Waals surface area (Å²) in [4.78, 5) is 16.4. The van der Waals surface area contributed by atoms with Crippen molar-refractivity contribution in [1.82, 2.24) is 4.98 Å². The molecule has 0 saturated heterocycles. The van der Waals surface area contributed by atoms with Gasteiger partial charge in [-0.2, -0.15) is 0 Å². The lowest BCUT2D eigenvalue weighted by Crippen LogP contribution is -2.08. The highest BCUT2D eigenvalue weighted by Crippen LogP contribution is 2.19. The van der Waals surface area contributed by atoms with Gasteiger partial charge in [-0.3, -0.25) is 9.78 Å². The van der Waals surface area contributed by atoms with Gasteiger partial charge in [0.2, 0.25) is 0 Å². The van der Waals surface area contributed by atoms with Crippen LogP contribution >= 0.6 is 0 Å². The third-order valence-corrected chi connectivity index (χ3v) is 3.50. The van der Waals surface area contributed by atoms with Gasteiger partial charge in [-0.25, -0.2) is 0 Å². The summed E-state index contributed by atoms with van der Waals surface area (Å²) in [6.07, 6.45) is 3.87. The molecule has 1 aromatic carbocycles. The van der Waals surface area contributed by atoms with Gasteiger partial charge in [-0.15, -0.1) is 0 Å². The van der Waals surface area contributed by atoms with Crippen LogP contribution in [0.1, 0.15) is 38.2 Å². The highest BCUT2D eigenvalue weighted by Gasteiger charge is 2.13. The monoisotopic (exact) mass is 253 g/mol. The van der Waals surface area contributed by atoms with E-state index < -0.39 is 0 Å². The van der Waals surface area contributed by atoms with Crippen molar-refractivity contribution in [1.29, 1.82) is 0 Å². The molecule has 0 atom stereocenters. The molecule has 0 amide bonds. The maximum absolute atomic E-state index is 12.4. The summed E-state index contributed by atoms with van der Waals surface area (Å²) in [6, 6.07) is 6.07. The fourth-order valence-corrected chi connectivity index (χ4v) is 2.53. The molecule has 2 aromatic rings. The summed E-state index contributed by atoms with van der Waals surface area (Å²) in [5.74, 6) is 0.162. The number of carbonyl (C=O) groups is 1. The summed E-state index contributed by atoms with van der Waals surface area (Å²) in [5.41, 5.74) is 6.48. The van der Waals surface area contributed by atoms with Crippen molar-refractivity contribution in [2.24, 2.45) is 0 Å². The molecule has 1 heterocycles. The lowest BCUT2D eigenvalue weighted by Gasteiger charge is -2.11. The van der Waals surface area contributed by atoms with Crippen molar-refractivity contribution >= 4 is 5.78 Å². The van der Waals surface area contributed by atoms with E-state index >= 15 is 0 Å². The number of aryl methyl sites for hydroxylation is 4. The Hall–Kier alpha value is -1.96. The van der Waals surface area contributed by atoms with Crippen LogP contribution in [0.5, 0.6) is 0 Å². The Morgan fingerprint density at radius 1 is 1.05 bits per heavy atom. The predicted octanol–water partition coefficient (Wildman–Crippen LogP) is 3.74. The maximum Gasteiger partial charge on any atom is 0.167 e. The molecule has 19 heavy (non-hydrogen) atoms. The summed E-state index contributed by atoms with van der Waals surface area (Å²) in [7, 11) is 0. The SMILES string of the molecule is Cc1cc(C)c(CC(=O)c2ccncc2C)c(C)c1. The third-order valence-electron chi connectivity index (χ3n) is 3.50. The van der Waals surface area contributed by atoms with E-state index in [9.17, 15) is 4.79 Å². The van der Waals surface area contributed by atoms with E-state index in [1.54, 1.807) is 18.5 Å². The molecule has 98 valence electrons. The van der Waals surface area contributed by atoms with Gasteiger partial charge in [0.25, 0.3) is 0 Å². The molecule has 1 aromatic heterocycles. The highest BCUT2D eigenvalue weighted by molar-refractivity contribution is 5.98. The van der Waals surface area contributed by atoms with Gasteiger partial charge in [0.15, 0.2) is 5.78 Å². The van der Waals surface area contributed by atoms with Crippen LogP contribution in [-0.4, -0.2) is 10.8 Å². The Bertz CT molecular complexity index is 606. The number of carbonyl (C=O) groups excluding carboxylic acids is 1. The number of rotatable bonds is 3. The van der Waals surface area contributed by atoms with Gasteiger partial charge < -0.3 is 0 Å². The van der Waals surface area contributed by atoms with Gasteiger partial charge in [-0.05, 0) is 56.0 Å². The molecular weight excluding hydrogens is 234 g/mol. The van der Waals surface area contributed by atoms with E-state index in [1.807, 2.05) is 6.92 Å². The van der Waals surface area contributed by atoms with Crippen LogP contribution in [-0.2, 0) is 6.42 Å². The zero-order valence-electron chi connectivity index (χ0n) is 11.9. The number of benzene rings is 1. The molecule has 0 radical (unpaired) electrons. The largest absolute Gasteiger partial charge is 0.294 e. The molecule has 2 rings (SSSR count). The van der Waals surface area contributed by atoms with Crippen LogP contribution < -0.4 is 0 Å². The summed E-state index contributed by atoms with van der Waals surface area (Å²) in [6.45, 7) is 8.15. The molecule has 0 bridgehead atoms. The van der Waals surface area contributed by atoms with Gasteiger partial charge in [-0.1, -0.05) is 17.7 Å². The molecule has 0 N–H and O–H groups in total. The van der Waals surface area contributed by atoms with E-state index in [2.05, 4.69) is 37.9 Å². The van der Waals surface area contributed by atoms with Gasteiger partial charge in [0.1, 0.15) is 0 Å². The second kappa shape index (κ2) is 5.35. The van der Waals surface area contributed by atoms with Crippen molar-refractivity contribution in [2.45, 2.75) is 34.1 Å². The molecule has 0 spiro atoms. The van der Waals surface area contributed by atoms with Crippen LogP contribution in [0.2, 0.25) is 0 Å². The number of Topliss-reactive ketones (excluding diaryl/α,β-unsaturated/α-hetero) is 1. The average molecular weight is 253 g/mol. The van der Waals surface area contributed by atoms with Gasteiger partial charge >= 0.3 is 0 Å². The molecule has 0 aliphatic heterocycles. The van der Waals surface area contributed by atoms with E-state index in [1.165, 1.54) is 16.7 Å². The number of nitrogens with zero attached hydrogens (tertiary/aromatic N) is 1. The van der Waals surface area contributed by atoms with Crippen LogP contribution in [0.15, 0.2) is 30.6 Å². The molecule has 2 heteroatoms. The first-order valence-corrected chi connectivity index (χ1v) is 6.49. The molecule has 0 fully saturated rings. The van der Waals surface area contributed by atoms with Crippen molar-refractivity contribution in [2.75, 3.05) is 0 Å². The van der Waals surface area contributed by atoms with Gasteiger partial charge in [0, 0.05) is 24.4 Å². The Morgan fingerprint density at radius 3 is 2.26 bits per heavy atom. The Balaban J connectivity index is 2.32. The lowest BCUT2D eigenvalue weighted by atomic mass is 9.93. The minimum atomic E-state index is 0.162. The first-order chi connectivity index (χ1) is 8.99. The first-order valence-electron chi connectivity index (χ1n) is 6.49. The zero-order valence-corrected chi connectivity index (χ0v) is 11.9.